The zero-order chi connectivity index (χ0) is 19.5. The number of likely N-dealkylation sites (tertiary alicyclic amines) is 1. The molecule has 152 valence electrons. The Kier molecular flexibility index (Phi) is 5.60. The molecule has 2 aromatic heterocycles. The van der Waals surface area contributed by atoms with Crippen molar-refractivity contribution in [3.8, 4) is 0 Å². The van der Waals surface area contributed by atoms with Crippen LogP contribution in [0, 0.1) is 0 Å². The molecule has 1 N–H and O–H groups in total. The summed E-state index contributed by atoms with van der Waals surface area (Å²) >= 11 is 1.85. The fourth-order valence-electron chi connectivity index (χ4n) is 4.27. The number of fused-ring (bicyclic) bond motifs is 1. The second-order valence-electron chi connectivity index (χ2n) is 7.82. The summed E-state index contributed by atoms with van der Waals surface area (Å²) in [5.74, 6) is 1.73. The topological polar surface area (TPSA) is 53.5 Å². The molecule has 2 aliphatic heterocycles. The van der Waals surface area contributed by atoms with Crippen molar-refractivity contribution in [2.75, 3.05) is 49.6 Å². The standard InChI is InChI=1S/C22H27N5OS/c1-2-6-20-19(5-1)17(16-29-20)14-26-9-3-4-18(15-26)24-21-7-8-23-22(25-21)27-10-12-28-13-11-27/h1-2,5-8,16,18H,3-4,9-15H2,(H,23,24,25). The zero-order valence-corrected chi connectivity index (χ0v) is 17.4. The highest BCUT2D eigenvalue weighted by Gasteiger charge is 2.22. The van der Waals surface area contributed by atoms with Crippen LogP contribution in [0.15, 0.2) is 41.9 Å². The first-order chi connectivity index (χ1) is 14.3. The van der Waals surface area contributed by atoms with Crippen LogP contribution in [0.2, 0.25) is 0 Å². The molecular formula is C22H27N5OS. The molecule has 2 aliphatic rings. The SMILES string of the molecule is c1ccc2c(CN3CCCC(Nc4ccnc(N5CCOCC5)n4)C3)csc2c1. The molecule has 5 rings (SSSR count). The Morgan fingerprint density at radius 2 is 2.03 bits per heavy atom. The molecule has 0 radical (unpaired) electrons. The van der Waals surface area contributed by atoms with Gasteiger partial charge in [0.15, 0.2) is 0 Å². The van der Waals surface area contributed by atoms with Gasteiger partial charge in [-0.05, 0) is 47.8 Å². The second-order valence-corrected chi connectivity index (χ2v) is 8.73. The minimum Gasteiger partial charge on any atom is -0.378 e. The Balaban J connectivity index is 1.23. The van der Waals surface area contributed by atoms with Crippen molar-refractivity contribution in [1.29, 1.82) is 0 Å². The molecule has 0 aliphatic carbocycles. The Labute approximate surface area is 175 Å². The van der Waals surface area contributed by atoms with Crippen molar-refractivity contribution in [2.45, 2.75) is 25.4 Å². The maximum absolute atomic E-state index is 5.44. The molecule has 0 bridgehead atoms. The summed E-state index contributed by atoms with van der Waals surface area (Å²) in [5, 5.41) is 7.38. The molecule has 0 saturated carbocycles. The number of benzene rings is 1. The van der Waals surface area contributed by atoms with Crippen molar-refractivity contribution >= 4 is 33.2 Å². The zero-order valence-electron chi connectivity index (χ0n) is 16.6. The van der Waals surface area contributed by atoms with Crippen LogP contribution in [-0.4, -0.2) is 60.3 Å². The van der Waals surface area contributed by atoms with Gasteiger partial charge >= 0.3 is 0 Å². The van der Waals surface area contributed by atoms with E-state index in [0.717, 1.165) is 57.7 Å². The van der Waals surface area contributed by atoms with Gasteiger partial charge in [0.05, 0.1) is 13.2 Å². The summed E-state index contributed by atoms with van der Waals surface area (Å²) in [5.41, 5.74) is 1.45. The van der Waals surface area contributed by atoms with Gasteiger partial charge in [-0.1, -0.05) is 18.2 Å². The normalized spacial score (nSPS) is 20.8. The van der Waals surface area contributed by atoms with E-state index in [1.165, 1.54) is 28.5 Å². The van der Waals surface area contributed by atoms with E-state index in [1.54, 1.807) is 0 Å². The minimum atomic E-state index is 0.418. The number of nitrogens with zero attached hydrogens (tertiary/aromatic N) is 4. The van der Waals surface area contributed by atoms with Gasteiger partial charge in [0.25, 0.3) is 0 Å². The van der Waals surface area contributed by atoms with E-state index in [-0.39, 0.29) is 0 Å². The minimum absolute atomic E-state index is 0.418. The van der Waals surface area contributed by atoms with E-state index in [9.17, 15) is 0 Å². The van der Waals surface area contributed by atoms with Crippen molar-refractivity contribution in [2.24, 2.45) is 0 Å². The van der Waals surface area contributed by atoms with E-state index in [1.807, 2.05) is 23.6 Å². The number of thiophene rings is 1. The first-order valence-electron chi connectivity index (χ1n) is 10.4. The highest BCUT2D eigenvalue weighted by molar-refractivity contribution is 7.17. The van der Waals surface area contributed by atoms with Crippen molar-refractivity contribution in [1.82, 2.24) is 14.9 Å². The number of hydrogen-bond donors (Lipinski definition) is 1. The number of morpholine rings is 1. The third-order valence-electron chi connectivity index (χ3n) is 5.75. The van der Waals surface area contributed by atoms with E-state index in [0.29, 0.717) is 6.04 Å². The van der Waals surface area contributed by atoms with Gasteiger partial charge < -0.3 is 15.0 Å². The molecule has 0 amide bonds. The van der Waals surface area contributed by atoms with E-state index >= 15 is 0 Å². The van der Waals surface area contributed by atoms with Crippen LogP contribution < -0.4 is 10.2 Å². The lowest BCUT2D eigenvalue weighted by atomic mass is 10.0. The molecule has 1 aromatic carbocycles. The van der Waals surface area contributed by atoms with Crippen LogP contribution in [-0.2, 0) is 11.3 Å². The highest BCUT2D eigenvalue weighted by Crippen LogP contribution is 2.28. The maximum atomic E-state index is 5.44. The third kappa shape index (κ3) is 4.37. The number of aromatic nitrogens is 2. The molecular weight excluding hydrogens is 382 g/mol. The Bertz CT molecular complexity index is 955. The summed E-state index contributed by atoms with van der Waals surface area (Å²) < 4.78 is 6.82. The summed E-state index contributed by atoms with van der Waals surface area (Å²) in [6.07, 6.45) is 4.25. The van der Waals surface area contributed by atoms with Gasteiger partial charge in [0, 0.05) is 43.1 Å². The van der Waals surface area contributed by atoms with E-state index < -0.39 is 0 Å². The van der Waals surface area contributed by atoms with Gasteiger partial charge in [-0.3, -0.25) is 4.90 Å². The lowest BCUT2D eigenvalue weighted by molar-refractivity contribution is 0.122. The lowest BCUT2D eigenvalue weighted by Gasteiger charge is -2.33. The van der Waals surface area contributed by atoms with E-state index in [4.69, 9.17) is 9.72 Å². The van der Waals surface area contributed by atoms with Crippen LogP contribution in [0.3, 0.4) is 0 Å². The monoisotopic (exact) mass is 409 g/mol. The second kappa shape index (κ2) is 8.65. The predicted octanol–water partition coefficient (Wildman–Crippen LogP) is 3.60. The average molecular weight is 410 g/mol. The maximum Gasteiger partial charge on any atom is 0.227 e. The van der Waals surface area contributed by atoms with E-state index in [2.05, 4.69) is 49.7 Å². The third-order valence-corrected chi connectivity index (χ3v) is 6.76. The average Bonchev–Trinajstić information content (AvgIpc) is 3.18. The van der Waals surface area contributed by atoms with Crippen LogP contribution >= 0.6 is 11.3 Å². The quantitative estimate of drug-likeness (QED) is 0.695. The van der Waals surface area contributed by atoms with Crippen molar-refractivity contribution in [3.05, 3.63) is 47.5 Å². The molecule has 6 nitrogen and oxygen atoms in total. The first-order valence-corrected chi connectivity index (χ1v) is 11.3. The Morgan fingerprint density at radius 3 is 2.97 bits per heavy atom. The summed E-state index contributed by atoms with van der Waals surface area (Å²) in [4.78, 5) is 14.0. The number of nitrogens with one attached hydrogen (secondary N) is 1. The number of piperidine rings is 1. The highest BCUT2D eigenvalue weighted by atomic mass is 32.1. The van der Waals surface area contributed by atoms with Crippen LogP contribution in [0.25, 0.3) is 10.1 Å². The van der Waals surface area contributed by atoms with Crippen LogP contribution in [0.5, 0.6) is 0 Å². The Morgan fingerprint density at radius 1 is 1.14 bits per heavy atom. The first kappa shape index (κ1) is 18.8. The van der Waals surface area contributed by atoms with Gasteiger partial charge in [0.1, 0.15) is 5.82 Å². The molecule has 1 unspecified atom stereocenters. The van der Waals surface area contributed by atoms with Gasteiger partial charge in [-0.25, -0.2) is 4.98 Å². The van der Waals surface area contributed by atoms with Crippen molar-refractivity contribution < 1.29 is 4.74 Å². The van der Waals surface area contributed by atoms with Crippen LogP contribution in [0.1, 0.15) is 18.4 Å². The molecule has 2 fully saturated rings. The fraction of sp³-hybridized carbons (Fsp3) is 0.455. The smallest absolute Gasteiger partial charge is 0.227 e. The molecule has 1 atom stereocenters. The molecule has 3 aromatic rings. The molecule has 29 heavy (non-hydrogen) atoms. The van der Waals surface area contributed by atoms with Gasteiger partial charge in [-0.15, -0.1) is 11.3 Å². The van der Waals surface area contributed by atoms with Gasteiger partial charge in [-0.2, -0.15) is 4.98 Å². The summed E-state index contributed by atoms with van der Waals surface area (Å²) in [6.45, 7) is 6.42. The van der Waals surface area contributed by atoms with Crippen molar-refractivity contribution in [3.63, 3.8) is 0 Å². The summed E-state index contributed by atoms with van der Waals surface area (Å²) in [6, 6.07) is 11.1. The Hall–Kier alpha value is -2.22. The molecule has 0 spiro atoms. The summed E-state index contributed by atoms with van der Waals surface area (Å²) in [7, 11) is 0. The number of rotatable bonds is 5. The number of anilines is 2. The molecule has 2 saturated heterocycles. The predicted molar refractivity (Wildman–Crippen MR) is 119 cm³/mol. The lowest BCUT2D eigenvalue weighted by Crippen LogP contribution is -2.42. The van der Waals surface area contributed by atoms with Crippen LogP contribution in [0.4, 0.5) is 11.8 Å². The number of ether oxygens (including phenoxy) is 1. The largest absolute Gasteiger partial charge is 0.378 e. The van der Waals surface area contributed by atoms with Gasteiger partial charge in [0.2, 0.25) is 5.95 Å². The molecule has 4 heterocycles. The number of hydrogen-bond acceptors (Lipinski definition) is 7. The molecule has 7 heteroatoms. The fourth-order valence-corrected chi connectivity index (χ4v) is 5.22.